The van der Waals surface area contributed by atoms with Gasteiger partial charge in [-0.2, -0.15) is 0 Å². The van der Waals surface area contributed by atoms with Gasteiger partial charge in [0, 0.05) is 12.6 Å². The number of hydrogen-bond donors (Lipinski definition) is 1. The first-order valence-electron chi connectivity index (χ1n) is 5.41. The van der Waals surface area contributed by atoms with E-state index in [0.717, 1.165) is 19.4 Å². The maximum atomic E-state index is 11.8. The van der Waals surface area contributed by atoms with Gasteiger partial charge in [-0.05, 0) is 25.3 Å². The number of nitrogens with one attached hydrogen (secondary N) is 1. The Kier molecular flexibility index (Phi) is 3.53. The van der Waals surface area contributed by atoms with Crippen molar-refractivity contribution in [2.24, 2.45) is 5.41 Å². The predicted octanol–water partition coefficient (Wildman–Crippen LogP) is 1.24. The largest absolute Gasteiger partial charge is 0.338 e. The quantitative estimate of drug-likeness (QED) is 0.724. The van der Waals surface area contributed by atoms with Gasteiger partial charge in [-0.3, -0.25) is 4.79 Å². The molecular formula is C11H22N2O. The van der Waals surface area contributed by atoms with E-state index in [1.807, 2.05) is 11.9 Å². The lowest BCUT2D eigenvalue weighted by molar-refractivity contribution is -0.132. The summed E-state index contributed by atoms with van der Waals surface area (Å²) in [4.78, 5) is 13.8. The Morgan fingerprint density at radius 2 is 2.14 bits per heavy atom. The van der Waals surface area contributed by atoms with E-state index >= 15 is 0 Å². The van der Waals surface area contributed by atoms with Crippen LogP contribution < -0.4 is 5.32 Å². The molecule has 1 fully saturated rings. The number of carbonyl (C=O) groups excluding carboxylic acids is 1. The lowest BCUT2D eigenvalue weighted by atomic mass is 9.85. The van der Waals surface area contributed by atoms with Crippen LogP contribution in [0.3, 0.4) is 0 Å². The van der Waals surface area contributed by atoms with Gasteiger partial charge in [0.15, 0.2) is 0 Å². The van der Waals surface area contributed by atoms with Crippen LogP contribution in [-0.4, -0.2) is 37.0 Å². The molecule has 1 rings (SSSR count). The number of nitrogens with zero attached hydrogens (tertiary/aromatic N) is 1. The average Bonchev–Trinajstić information content (AvgIpc) is 2.50. The molecule has 0 radical (unpaired) electrons. The van der Waals surface area contributed by atoms with Crippen molar-refractivity contribution in [2.75, 3.05) is 20.1 Å². The summed E-state index contributed by atoms with van der Waals surface area (Å²) in [5.74, 6) is 0.241. The lowest BCUT2D eigenvalue weighted by Gasteiger charge is -2.35. The molecule has 1 amide bonds. The molecule has 1 heterocycles. The van der Waals surface area contributed by atoms with Crippen molar-refractivity contribution in [1.29, 1.82) is 0 Å². The summed E-state index contributed by atoms with van der Waals surface area (Å²) in [5.41, 5.74) is 0.208. The third-order valence-electron chi connectivity index (χ3n) is 2.90. The van der Waals surface area contributed by atoms with Gasteiger partial charge in [0.25, 0.3) is 0 Å². The van der Waals surface area contributed by atoms with Gasteiger partial charge in [0.05, 0.1) is 6.54 Å². The molecule has 1 saturated heterocycles. The van der Waals surface area contributed by atoms with Gasteiger partial charge in [0.1, 0.15) is 0 Å². The number of rotatable bonds is 2. The van der Waals surface area contributed by atoms with Crippen LogP contribution in [0.4, 0.5) is 0 Å². The second kappa shape index (κ2) is 4.30. The summed E-state index contributed by atoms with van der Waals surface area (Å²) < 4.78 is 0. The molecule has 3 heteroatoms. The molecular weight excluding hydrogens is 176 g/mol. The summed E-state index contributed by atoms with van der Waals surface area (Å²) in [6, 6.07) is 0.420. The first-order chi connectivity index (χ1) is 6.46. The highest BCUT2D eigenvalue weighted by Crippen LogP contribution is 2.32. The van der Waals surface area contributed by atoms with Crippen molar-refractivity contribution in [3.63, 3.8) is 0 Å². The molecule has 82 valence electrons. The molecule has 0 aromatic heterocycles. The zero-order valence-corrected chi connectivity index (χ0v) is 9.76. The van der Waals surface area contributed by atoms with Gasteiger partial charge in [-0.15, -0.1) is 0 Å². The highest BCUT2D eigenvalue weighted by molar-refractivity contribution is 5.78. The molecule has 1 unspecified atom stereocenters. The molecule has 0 aromatic carbocycles. The van der Waals surface area contributed by atoms with Crippen LogP contribution in [0.1, 0.15) is 33.6 Å². The second-order valence-electron chi connectivity index (χ2n) is 5.14. The van der Waals surface area contributed by atoms with Crippen molar-refractivity contribution in [2.45, 2.75) is 39.7 Å². The SMILES string of the molecule is CNCC(=O)N1CCCC1C(C)(C)C. The third-order valence-corrected chi connectivity index (χ3v) is 2.90. The normalized spacial score (nSPS) is 22.9. The standard InChI is InChI=1S/C11H22N2O/c1-11(2,3)9-6-5-7-13(9)10(14)8-12-4/h9,12H,5-8H2,1-4H3. The monoisotopic (exact) mass is 198 g/mol. The Morgan fingerprint density at radius 1 is 1.50 bits per heavy atom. The van der Waals surface area contributed by atoms with Crippen molar-refractivity contribution >= 4 is 5.91 Å². The number of likely N-dealkylation sites (N-methyl/N-ethyl adjacent to an activating group) is 1. The minimum absolute atomic E-state index is 0.208. The zero-order chi connectivity index (χ0) is 10.8. The van der Waals surface area contributed by atoms with E-state index in [2.05, 4.69) is 26.1 Å². The summed E-state index contributed by atoms with van der Waals surface area (Å²) >= 11 is 0. The molecule has 3 nitrogen and oxygen atoms in total. The first kappa shape index (κ1) is 11.5. The minimum Gasteiger partial charge on any atom is -0.338 e. The van der Waals surface area contributed by atoms with Crippen molar-refractivity contribution in [3.8, 4) is 0 Å². The van der Waals surface area contributed by atoms with Crippen molar-refractivity contribution < 1.29 is 4.79 Å². The molecule has 1 N–H and O–H groups in total. The Balaban J connectivity index is 2.64. The van der Waals surface area contributed by atoms with E-state index in [1.54, 1.807) is 0 Å². The van der Waals surface area contributed by atoms with Crippen molar-refractivity contribution in [3.05, 3.63) is 0 Å². The summed E-state index contributed by atoms with van der Waals surface area (Å²) in [7, 11) is 1.82. The highest BCUT2D eigenvalue weighted by Gasteiger charge is 2.36. The van der Waals surface area contributed by atoms with E-state index in [1.165, 1.54) is 0 Å². The zero-order valence-electron chi connectivity index (χ0n) is 9.76. The van der Waals surface area contributed by atoms with E-state index < -0.39 is 0 Å². The lowest BCUT2D eigenvalue weighted by Crippen LogP contribution is -2.45. The first-order valence-corrected chi connectivity index (χ1v) is 5.41. The summed E-state index contributed by atoms with van der Waals surface area (Å²) in [6.45, 7) is 8.03. The Morgan fingerprint density at radius 3 is 2.64 bits per heavy atom. The summed E-state index contributed by atoms with van der Waals surface area (Å²) in [6.07, 6.45) is 2.30. The fourth-order valence-corrected chi connectivity index (χ4v) is 2.22. The topological polar surface area (TPSA) is 32.3 Å². The van der Waals surface area contributed by atoms with Crippen LogP contribution in [0.15, 0.2) is 0 Å². The molecule has 1 atom stereocenters. The fraction of sp³-hybridized carbons (Fsp3) is 0.909. The van der Waals surface area contributed by atoms with Crippen LogP contribution in [0, 0.1) is 5.41 Å². The minimum atomic E-state index is 0.208. The molecule has 0 spiro atoms. The smallest absolute Gasteiger partial charge is 0.236 e. The molecule has 1 aliphatic rings. The Bertz CT molecular complexity index is 208. The van der Waals surface area contributed by atoms with Crippen LogP contribution in [-0.2, 0) is 4.79 Å². The maximum absolute atomic E-state index is 11.8. The van der Waals surface area contributed by atoms with Gasteiger partial charge < -0.3 is 10.2 Å². The van der Waals surface area contributed by atoms with Crippen molar-refractivity contribution in [1.82, 2.24) is 10.2 Å². The van der Waals surface area contributed by atoms with Crippen LogP contribution in [0.5, 0.6) is 0 Å². The second-order valence-corrected chi connectivity index (χ2v) is 5.14. The van der Waals surface area contributed by atoms with Gasteiger partial charge >= 0.3 is 0 Å². The molecule has 14 heavy (non-hydrogen) atoms. The fourth-order valence-electron chi connectivity index (χ4n) is 2.22. The number of likely N-dealkylation sites (tertiary alicyclic amines) is 1. The van der Waals surface area contributed by atoms with E-state index in [-0.39, 0.29) is 11.3 Å². The van der Waals surface area contributed by atoms with Gasteiger partial charge in [-0.25, -0.2) is 0 Å². The Hall–Kier alpha value is -0.570. The summed E-state index contributed by atoms with van der Waals surface area (Å²) in [5, 5.41) is 2.93. The number of carbonyl (C=O) groups is 1. The number of amides is 1. The Labute approximate surface area is 86.9 Å². The van der Waals surface area contributed by atoms with Gasteiger partial charge in [0.2, 0.25) is 5.91 Å². The highest BCUT2D eigenvalue weighted by atomic mass is 16.2. The van der Waals surface area contributed by atoms with Crippen LogP contribution in [0.25, 0.3) is 0 Å². The molecule has 0 aliphatic carbocycles. The van der Waals surface area contributed by atoms with Crippen LogP contribution >= 0.6 is 0 Å². The number of hydrogen-bond acceptors (Lipinski definition) is 2. The van der Waals surface area contributed by atoms with E-state index in [4.69, 9.17) is 0 Å². The third kappa shape index (κ3) is 2.47. The molecule has 1 aliphatic heterocycles. The predicted molar refractivity (Wildman–Crippen MR) is 58.1 cm³/mol. The molecule has 0 saturated carbocycles. The molecule has 0 aromatic rings. The van der Waals surface area contributed by atoms with Gasteiger partial charge in [-0.1, -0.05) is 20.8 Å². The van der Waals surface area contributed by atoms with Crippen LogP contribution in [0.2, 0.25) is 0 Å². The maximum Gasteiger partial charge on any atom is 0.236 e. The van der Waals surface area contributed by atoms with E-state index in [0.29, 0.717) is 12.6 Å². The average molecular weight is 198 g/mol. The van der Waals surface area contributed by atoms with E-state index in [9.17, 15) is 4.79 Å². The molecule has 0 bridgehead atoms.